The number of benzene rings is 1. The zero-order valence-electron chi connectivity index (χ0n) is 12.0. The number of amides is 1. The number of rotatable bonds is 2. The minimum absolute atomic E-state index is 0.0128. The lowest BCUT2D eigenvalue weighted by Gasteiger charge is -2.34. The van der Waals surface area contributed by atoms with Gasteiger partial charge in [-0.1, -0.05) is 30.3 Å². The number of carbonyl (C=O) groups is 2. The summed E-state index contributed by atoms with van der Waals surface area (Å²) in [7, 11) is 0. The number of fused-ring (bicyclic) bond motifs is 1. The van der Waals surface area contributed by atoms with Crippen molar-refractivity contribution < 1.29 is 9.59 Å². The highest BCUT2D eigenvalue weighted by molar-refractivity contribution is 8.04. The third-order valence-corrected chi connectivity index (χ3v) is 4.86. The fourth-order valence-electron chi connectivity index (χ4n) is 2.70. The Kier molecular flexibility index (Phi) is 4.12. The Hall–Kier alpha value is -1.59. The second-order valence-electron chi connectivity index (χ2n) is 5.30. The summed E-state index contributed by atoms with van der Waals surface area (Å²) in [6.07, 6.45) is 5.10. The van der Waals surface area contributed by atoms with Crippen LogP contribution < -0.4 is 0 Å². The lowest BCUT2D eigenvalue weighted by Crippen LogP contribution is -2.45. The van der Waals surface area contributed by atoms with Gasteiger partial charge in [-0.3, -0.25) is 9.59 Å². The van der Waals surface area contributed by atoms with Gasteiger partial charge in [-0.05, 0) is 25.0 Å². The number of hydrogen-bond donors (Lipinski definition) is 0. The highest BCUT2D eigenvalue weighted by Gasteiger charge is 2.28. The number of hydrogen-bond acceptors (Lipinski definition) is 4. The highest BCUT2D eigenvalue weighted by atomic mass is 32.2. The van der Waals surface area contributed by atoms with E-state index in [0.717, 1.165) is 36.4 Å². The maximum atomic E-state index is 12.4. The largest absolute Gasteiger partial charge is 0.288 e. The number of nitrogens with zero attached hydrogens (tertiary/aromatic N) is 2. The maximum Gasteiger partial charge on any atom is 0.237 e. The highest BCUT2D eigenvalue weighted by Crippen LogP contribution is 2.39. The normalized spacial score (nSPS) is 20.6. The molecule has 0 radical (unpaired) electrons. The quantitative estimate of drug-likeness (QED) is 0.787. The molecule has 0 N–H and O–H groups in total. The van der Waals surface area contributed by atoms with Gasteiger partial charge in [0.25, 0.3) is 0 Å². The zero-order valence-corrected chi connectivity index (χ0v) is 12.9. The van der Waals surface area contributed by atoms with E-state index >= 15 is 0 Å². The topological polar surface area (TPSA) is 40.6 Å². The lowest BCUT2D eigenvalue weighted by atomic mass is 10.1. The van der Waals surface area contributed by atoms with Crippen LogP contribution in [0.5, 0.6) is 0 Å². The van der Waals surface area contributed by atoms with Crippen molar-refractivity contribution in [3.8, 4) is 0 Å². The van der Waals surface area contributed by atoms with E-state index in [9.17, 15) is 9.59 Å². The van der Waals surface area contributed by atoms with Crippen molar-refractivity contribution >= 4 is 23.5 Å². The van der Waals surface area contributed by atoms with Crippen molar-refractivity contribution in [1.29, 1.82) is 0 Å². The predicted molar refractivity (Wildman–Crippen MR) is 82.7 cm³/mol. The molecular weight excluding hydrogens is 284 g/mol. The molecule has 0 saturated carbocycles. The van der Waals surface area contributed by atoms with Crippen LogP contribution in [0, 0.1) is 0 Å². The zero-order chi connectivity index (χ0) is 14.8. The molecule has 3 rings (SSSR count). The van der Waals surface area contributed by atoms with Gasteiger partial charge in [0.1, 0.15) is 0 Å². The van der Waals surface area contributed by atoms with Gasteiger partial charge in [-0.2, -0.15) is 0 Å². The van der Waals surface area contributed by atoms with E-state index in [1.54, 1.807) is 18.1 Å². The van der Waals surface area contributed by atoms with E-state index < -0.39 is 0 Å². The van der Waals surface area contributed by atoms with Crippen LogP contribution in [0.25, 0.3) is 0 Å². The smallest absolute Gasteiger partial charge is 0.237 e. The summed E-state index contributed by atoms with van der Waals surface area (Å²) in [6, 6.07) is 7.57. The van der Waals surface area contributed by atoms with E-state index in [2.05, 4.69) is 0 Å². The third-order valence-electron chi connectivity index (χ3n) is 3.77. The summed E-state index contributed by atoms with van der Waals surface area (Å²) in [5.74, 6) is -0.0346. The van der Waals surface area contributed by atoms with Crippen molar-refractivity contribution in [1.82, 2.24) is 10.0 Å². The maximum absolute atomic E-state index is 12.4. The minimum Gasteiger partial charge on any atom is -0.288 e. The van der Waals surface area contributed by atoms with Crippen LogP contribution in [-0.2, 0) is 4.79 Å². The molecule has 21 heavy (non-hydrogen) atoms. The Morgan fingerprint density at radius 3 is 2.62 bits per heavy atom. The molecule has 1 aromatic carbocycles. The molecule has 2 aliphatic heterocycles. The third kappa shape index (κ3) is 2.89. The lowest BCUT2D eigenvalue weighted by molar-refractivity contribution is -0.141. The molecule has 5 heteroatoms. The first-order chi connectivity index (χ1) is 10.2. The Morgan fingerprint density at radius 1 is 1.24 bits per heavy atom. The number of ketones is 1. The van der Waals surface area contributed by atoms with Gasteiger partial charge in [0.15, 0.2) is 0 Å². The van der Waals surface area contributed by atoms with Gasteiger partial charge in [-0.25, -0.2) is 10.0 Å². The standard InChI is InChI=1S/C16H18N2O2S/c1-12(19)18(17-9-5-2-6-10-17)11-15-16(20)13-7-3-4-8-14(13)21-15/h3-4,7-8,11H,2,5-6,9-10H2,1H3/b15-11-. The Balaban J connectivity index is 1.86. The van der Waals surface area contributed by atoms with E-state index in [0.29, 0.717) is 4.91 Å². The molecule has 0 spiro atoms. The molecule has 0 unspecified atom stereocenters. The Morgan fingerprint density at radius 2 is 1.95 bits per heavy atom. The molecule has 0 atom stereocenters. The van der Waals surface area contributed by atoms with Crippen LogP contribution in [0.3, 0.4) is 0 Å². The molecule has 0 bridgehead atoms. The van der Waals surface area contributed by atoms with Crippen molar-refractivity contribution in [2.75, 3.05) is 13.1 Å². The SMILES string of the molecule is CC(=O)N(/C=C1\Sc2ccccc2C1=O)N1CCCCC1. The van der Waals surface area contributed by atoms with Gasteiger partial charge in [0.2, 0.25) is 11.7 Å². The molecule has 0 aromatic heterocycles. The monoisotopic (exact) mass is 302 g/mol. The van der Waals surface area contributed by atoms with Crippen molar-refractivity contribution in [3.05, 3.63) is 40.9 Å². The van der Waals surface area contributed by atoms with E-state index in [1.165, 1.54) is 18.2 Å². The van der Waals surface area contributed by atoms with Gasteiger partial charge in [-0.15, -0.1) is 0 Å². The molecule has 1 amide bonds. The average Bonchev–Trinajstić information content (AvgIpc) is 2.82. The minimum atomic E-state index is -0.0474. The van der Waals surface area contributed by atoms with E-state index in [-0.39, 0.29) is 11.7 Å². The predicted octanol–water partition coefficient (Wildman–Crippen LogP) is 3.07. The number of Topliss-reactive ketones (excluding diaryl/α,β-unsaturated/α-hetero) is 1. The first-order valence-electron chi connectivity index (χ1n) is 7.25. The van der Waals surface area contributed by atoms with Gasteiger partial charge < -0.3 is 0 Å². The Labute approximate surface area is 128 Å². The molecule has 110 valence electrons. The van der Waals surface area contributed by atoms with Crippen LogP contribution in [0.2, 0.25) is 0 Å². The van der Waals surface area contributed by atoms with Crippen LogP contribution in [0.4, 0.5) is 0 Å². The number of thioether (sulfide) groups is 1. The summed E-state index contributed by atoms with van der Waals surface area (Å²) in [6.45, 7) is 3.28. The molecule has 1 fully saturated rings. The number of allylic oxidation sites excluding steroid dienone is 1. The molecule has 4 nitrogen and oxygen atoms in total. The summed E-state index contributed by atoms with van der Waals surface area (Å²) >= 11 is 1.45. The van der Waals surface area contributed by atoms with Crippen LogP contribution in [0.15, 0.2) is 40.3 Å². The first-order valence-corrected chi connectivity index (χ1v) is 8.06. The molecule has 0 aliphatic carbocycles. The Bertz CT molecular complexity index is 606. The fourth-order valence-corrected chi connectivity index (χ4v) is 3.71. The summed E-state index contributed by atoms with van der Waals surface area (Å²) in [5.41, 5.74) is 0.732. The summed E-state index contributed by atoms with van der Waals surface area (Å²) < 4.78 is 0. The fraction of sp³-hybridized carbons (Fsp3) is 0.375. The van der Waals surface area contributed by atoms with Gasteiger partial charge >= 0.3 is 0 Å². The molecule has 2 aliphatic rings. The second-order valence-corrected chi connectivity index (χ2v) is 6.38. The summed E-state index contributed by atoms with van der Waals surface area (Å²) in [4.78, 5) is 25.9. The second kappa shape index (κ2) is 6.03. The number of carbonyl (C=O) groups excluding carboxylic acids is 2. The van der Waals surface area contributed by atoms with Crippen LogP contribution in [0.1, 0.15) is 36.5 Å². The average molecular weight is 302 g/mol. The van der Waals surface area contributed by atoms with Crippen molar-refractivity contribution in [3.63, 3.8) is 0 Å². The van der Waals surface area contributed by atoms with E-state index in [1.807, 2.05) is 29.3 Å². The summed E-state index contributed by atoms with van der Waals surface area (Å²) in [5, 5.41) is 3.65. The van der Waals surface area contributed by atoms with Crippen LogP contribution in [-0.4, -0.2) is 34.8 Å². The van der Waals surface area contributed by atoms with Gasteiger partial charge in [0.05, 0.1) is 4.91 Å². The molecule has 1 aromatic rings. The molecule has 1 saturated heterocycles. The molecule has 2 heterocycles. The van der Waals surface area contributed by atoms with Crippen molar-refractivity contribution in [2.24, 2.45) is 0 Å². The van der Waals surface area contributed by atoms with E-state index in [4.69, 9.17) is 0 Å². The van der Waals surface area contributed by atoms with Gasteiger partial charge in [0, 0.05) is 36.7 Å². The van der Waals surface area contributed by atoms with Crippen molar-refractivity contribution in [2.45, 2.75) is 31.1 Å². The number of hydrazine groups is 1. The molecular formula is C16H18N2O2S. The first kappa shape index (κ1) is 14.4. The van der Waals surface area contributed by atoms with Crippen LogP contribution >= 0.6 is 11.8 Å². The number of piperidine rings is 1.